The molecule has 7 heteroatoms. The summed E-state index contributed by atoms with van der Waals surface area (Å²) in [5.41, 5.74) is 5.20. The van der Waals surface area contributed by atoms with Gasteiger partial charge in [0.05, 0.1) is 0 Å². The van der Waals surface area contributed by atoms with Crippen LogP contribution in [0.15, 0.2) is 12.3 Å². The molecule has 1 heterocycles. The smallest absolute Gasteiger partial charge is 0.432 e. The van der Waals surface area contributed by atoms with E-state index in [9.17, 15) is 4.79 Å². The number of aromatic nitrogens is 2. The lowest BCUT2D eigenvalue weighted by atomic mass is 10.4. The van der Waals surface area contributed by atoms with Crippen LogP contribution in [0.2, 0.25) is 0 Å². The highest BCUT2D eigenvalue weighted by atomic mass is 35.5. The number of rotatable bonds is 1. The van der Waals surface area contributed by atoms with E-state index < -0.39 is 6.09 Å². The van der Waals surface area contributed by atoms with E-state index in [4.69, 9.17) is 16.2 Å². The molecule has 0 bridgehead atoms. The van der Waals surface area contributed by atoms with Crippen LogP contribution in [0, 0.1) is 5.41 Å². The van der Waals surface area contributed by atoms with Gasteiger partial charge in [-0.15, -0.1) is 12.4 Å². The molecular formula is C5H7ClN4O2. The van der Waals surface area contributed by atoms with E-state index in [2.05, 4.69) is 5.10 Å². The van der Waals surface area contributed by atoms with Crippen LogP contribution in [0.5, 0.6) is 0 Å². The molecule has 0 saturated carbocycles. The van der Waals surface area contributed by atoms with Gasteiger partial charge in [0.15, 0.2) is 0 Å². The molecule has 0 saturated heterocycles. The predicted molar refractivity (Wildman–Crippen MR) is 43.9 cm³/mol. The van der Waals surface area contributed by atoms with Crippen LogP contribution in [0.25, 0.3) is 0 Å². The fraction of sp³-hybridized carbons (Fsp3) is 0. The first-order valence-corrected chi connectivity index (χ1v) is 2.74. The summed E-state index contributed by atoms with van der Waals surface area (Å²) in [6.07, 6.45) is 0.0245. The maximum Gasteiger partial charge on any atom is 0.432 e. The van der Waals surface area contributed by atoms with Gasteiger partial charge in [0.25, 0.3) is 0 Å². The van der Waals surface area contributed by atoms with Crippen LogP contribution in [-0.2, 0) is 0 Å². The van der Waals surface area contributed by atoms with Crippen LogP contribution in [0.3, 0.4) is 0 Å². The van der Waals surface area contributed by atoms with Crippen LogP contribution >= 0.6 is 12.4 Å². The van der Waals surface area contributed by atoms with Gasteiger partial charge in [-0.1, -0.05) is 0 Å². The SMILES string of the molecule is Cl.N=C(N)c1ccn(C(=O)O)n1. The third kappa shape index (κ3) is 1.96. The largest absolute Gasteiger partial charge is 0.463 e. The standard InChI is InChI=1S/C5H6N4O2.ClH/c6-4(7)3-1-2-9(8-3)5(10)11;/h1-2H,(H3,6,7)(H,10,11);1H. The highest BCUT2D eigenvalue weighted by Crippen LogP contribution is 1.92. The van der Waals surface area contributed by atoms with E-state index in [1.54, 1.807) is 0 Å². The number of carbonyl (C=O) groups is 1. The van der Waals surface area contributed by atoms with Crippen molar-refractivity contribution in [1.29, 1.82) is 5.41 Å². The summed E-state index contributed by atoms with van der Waals surface area (Å²) in [6, 6.07) is 1.36. The number of carboxylic acid groups (broad SMARTS) is 1. The van der Waals surface area contributed by atoms with Crippen molar-refractivity contribution in [2.75, 3.05) is 0 Å². The van der Waals surface area contributed by atoms with E-state index in [0.29, 0.717) is 4.68 Å². The Hall–Kier alpha value is -1.56. The van der Waals surface area contributed by atoms with Crippen LogP contribution in [0.4, 0.5) is 4.79 Å². The molecule has 0 unspecified atom stereocenters. The van der Waals surface area contributed by atoms with Crippen molar-refractivity contribution in [3.05, 3.63) is 18.0 Å². The molecular weight excluding hydrogens is 184 g/mol. The molecule has 0 spiro atoms. The highest BCUT2D eigenvalue weighted by molar-refractivity contribution is 5.93. The van der Waals surface area contributed by atoms with Crippen molar-refractivity contribution in [3.8, 4) is 0 Å². The summed E-state index contributed by atoms with van der Waals surface area (Å²) < 4.78 is 0.691. The molecule has 0 radical (unpaired) electrons. The molecule has 1 aromatic heterocycles. The molecule has 0 aliphatic carbocycles. The van der Waals surface area contributed by atoms with Gasteiger partial charge in [-0.2, -0.15) is 9.78 Å². The molecule has 0 fully saturated rings. The van der Waals surface area contributed by atoms with E-state index >= 15 is 0 Å². The molecule has 1 rings (SSSR count). The lowest BCUT2D eigenvalue weighted by molar-refractivity contribution is 0.192. The number of nitrogen functional groups attached to an aromatic ring is 1. The maximum atomic E-state index is 10.2. The van der Waals surface area contributed by atoms with Crippen molar-refractivity contribution in [1.82, 2.24) is 9.78 Å². The van der Waals surface area contributed by atoms with Crippen LogP contribution in [-0.4, -0.2) is 26.8 Å². The molecule has 0 atom stereocenters. The normalized spacial score (nSPS) is 8.67. The Balaban J connectivity index is 0.00000121. The second-order valence-corrected chi connectivity index (χ2v) is 1.84. The molecule has 0 aromatic carbocycles. The van der Waals surface area contributed by atoms with E-state index in [0.717, 1.165) is 0 Å². The number of nitrogens with one attached hydrogen (secondary N) is 1. The van der Waals surface area contributed by atoms with E-state index in [1.165, 1.54) is 12.3 Å². The van der Waals surface area contributed by atoms with Gasteiger partial charge in [-0.25, -0.2) is 4.79 Å². The number of hydrogen-bond donors (Lipinski definition) is 3. The Morgan fingerprint density at radius 2 is 2.33 bits per heavy atom. The molecule has 0 aliphatic heterocycles. The topological polar surface area (TPSA) is 105 Å². The zero-order valence-electron chi connectivity index (χ0n) is 5.89. The fourth-order valence-corrected chi connectivity index (χ4v) is 0.574. The van der Waals surface area contributed by atoms with Crippen molar-refractivity contribution < 1.29 is 9.90 Å². The van der Waals surface area contributed by atoms with Crippen molar-refractivity contribution >= 4 is 24.3 Å². The van der Waals surface area contributed by atoms with Gasteiger partial charge in [0, 0.05) is 6.20 Å². The van der Waals surface area contributed by atoms with Gasteiger partial charge in [-0.05, 0) is 6.07 Å². The van der Waals surface area contributed by atoms with Crippen molar-refractivity contribution in [3.63, 3.8) is 0 Å². The summed E-state index contributed by atoms with van der Waals surface area (Å²) in [5, 5.41) is 18.7. The van der Waals surface area contributed by atoms with Crippen molar-refractivity contribution in [2.45, 2.75) is 0 Å². The third-order valence-electron chi connectivity index (χ3n) is 1.06. The minimum atomic E-state index is -1.20. The predicted octanol–water partition coefficient (Wildman–Crippen LogP) is 0.115. The Kier molecular flexibility index (Phi) is 3.24. The first-order chi connectivity index (χ1) is 5.11. The summed E-state index contributed by atoms with van der Waals surface area (Å²) in [4.78, 5) is 10.2. The fourth-order valence-electron chi connectivity index (χ4n) is 0.574. The number of nitrogens with zero attached hydrogens (tertiary/aromatic N) is 2. The minimum Gasteiger partial charge on any atom is -0.463 e. The average molecular weight is 191 g/mol. The second-order valence-electron chi connectivity index (χ2n) is 1.84. The first-order valence-electron chi connectivity index (χ1n) is 2.74. The minimum absolute atomic E-state index is 0. The number of halogens is 1. The average Bonchev–Trinajstić information content (AvgIpc) is 2.33. The van der Waals surface area contributed by atoms with Gasteiger partial charge in [-0.3, -0.25) is 5.41 Å². The zero-order chi connectivity index (χ0) is 8.43. The molecule has 4 N–H and O–H groups in total. The van der Waals surface area contributed by atoms with Gasteiger partial charge in [0.1, 0.15) is 11.5 Å². The number of amidine groups is 1. The summed E-state index contributed by atoms with van der Waals surface area (Å²) in [5.74, 6) is -0.245. The Morgan fingerprint density at radius 1 is 1.75 bits per heavy atom. The Morgan fingerprint density at radius 3 is 2.58 bits per heavy atom. The van der Waals surface area contributed by atoms with Crippen molar-refractivity contribution in [2.24, 2.45) is 5.73 Å². The summed E-state index contributed by atoms with van der Waals surface area (Å²) >= 11 is 0. The van der Waals surface area contributed by atoms with E-state index in [1.807, 2.05) is 0 Å². The number of nitrogens with two attached hydrogens (primary N) is 1. The molecule has 6 nitrogen and oxygen atoms in total. The van der Waals surface area contributed by atoms with E-state index in [-0.39, 0.29) is 23.9 Å². The molecule has 0 amide bonds. The monoisotopic (exact) mass is 190 g/mol. The van der Waals surface area contributed by atoms with Gasteiger partial charge in [0.2, 0.25) is 0 Å². The molecule has 1 aromatic rings. The molecule has 0 aliphatic rings. The van der Waals surface area contributed by atoms with Gasteiger partial charge < -0.3 is 10.8 Å². The highest BCUT2D eigenvalue weighted by Gasteiger charge is 2.04. The summed E-state index contributed by atoms with van der Waals surface area (Å²) in [6.45, 7) is 0. The van der Waals surface area contributed by atoms with Crippen LogP contribution in [0.1, 0.15) is 5.69 Å². The lowest BCUT2D eigenvalue weighted by Crippen LogP contribution is -2.14. The third-order valence-corrected chi connectivity index (χ3v) is 1.06. The van der Waals surface area contributed by atoms with Gasteiger partial charge >= 0.3 is 6.09 Å². The second kappa shape index (κ2) is 3.72. The molecule has 12 heavy (non-hydrogen) atoms. The number of hydrogen-bond acceptors (Lipinski definition) is 3. The lowest BCUT2D eigenvalue weighted by Gasteiger charge is -1.89. The molecule has 66 valence electrons. The quantitative estimate of drug-likeness (QED) is 0.432. The first kappa shape index (κ1) is 10.4. The maximum absolute atomic E-state index is 10.2. The van der Waals surface area contributed by atoms with Crippen LogP contribution < -0.4 is 5.73 Å². The summed E-state index contributed by atoms with van der Waals surface area (Å²) in [7, 11) is 0. The Labute approximate surface area is 73.9 Å². The zero-order valence-corrected chi connectivity index (χ0v) is 6.71. The Bertz CT molecular complexity index is 280.